The van der Waals surface area contributed by atoms with Gasteiger partial charge in [-0.2, -0.15) is 0 Å². The van der Waals surface area contributed by atoms with E-state index in [2.05, 4.69) is 38.4 Å². The van der Waals surface area contributed by atoms with Gasteiger partial charge >= 0.3 is 12.1 Å². The number of hydrogen-bond acceptors (Lipinski definition) is 5. The third kappa shape index (κ3) is 34.2. The van der Waals surface area contributed by atoms with E-state index in [1.807, 2.05) is 34.6 Å². The second-order valence-electron chi connectivity index (χ2n) is 9.31. The van der Waals surface area contributed by atoms with E-state index in [1.165, 1.54) is 57.8 Å². The second-order valence-corrected chi connectivity index (χ2v) is 9.31. The van der Waals surface area contributed by atoms with Crippen LogP contribution in [0, 0.1) is 12.3 Å². The van der Waals surface area contributed by atoms with Crippen LogP contribution < -0.4 is 0 Å². The molecule has 0 amide bonds. The summed E-state index contributed by atoms with van der Waals surface area (Å²) in [5, 5.41) is 8.13. The number of hydrogen-bond donors (Lipinski definition) is 1. The number of carboxylic acid groups (broad SMARTS) is 1. The van der Waals surface area contributed by atoms with Crippen LogP contribution in [0.15, 0.2) is 0 Å². The summed E-state index contributed by atoms with van der Waals surface area (Å²) in [7, 11) is 0. The molecule has 0 radical (unpaired) electrons. The molecule has 0 aromatic heterocycles. The molecular formula is C33H66O6. The van der Waals surface area contributed by atoms with Gasteiger partial charge in [-0.05, 0) is 32.6 Å². The predicted octanol–water partition coefficient (Wildman–Crippen LogP) is 10.4. The van der Waals surface area contributed by atoms with Gasteiger partial charge in [0, 0.05) is 6.42 Å². The summed E-state index contributed by atoms with van der Waals surface area (Å²) in [6, 6.07) is 0. The maximum absolute atomic E-state index is 11.6. The van der Waals surface area contributed by atoms with Crippen LogP contribution in [0.4, 0.5) is 4.79 Å². The van der Waals surface area contributed by atoms with Crippen LogP contribution >= 0.6 is 0 Å². The highest BCUT2D eigenvalue weighted by molar-refractivity contribution is 5.69. The first-order valence-electron chi connectivity index (χ1n) is 16.0. The SMILES string of the molecule is C#CC1(COC(=O)CCCCCC)CCC(C)O1.CC.CC.CCCCC.CCCCCCCCOC(=O)O. The summed E-state index contributed by atoms with van der Waals surface area (Å²) >= 11 is 0. The van der Waals surface area contributed by atoms with E-state index in [4.69, 9.17) is 21.0 Å². The zero-order chi connectivity index (χ0) is 30.8. The van der Waals surface area contributed by atoms with Crippen molar-refractivity contribution < 1.29 is 28.9 Å². The first-order chi connectivity index (χ1) is 18.8. The van der Waals surface area contributed by atoms with Crippen molar-refractivity contribution in [3.05, 3.63) is 0 Å². The molecule has 1 aliphatic heterocycles. The first-order valence-corrected chi connectivity index (χ1v) is 16.0. The third-order valence-corrected chi connectivity index (χ3v) is 5.78. The fourth-order valence-electron chi connectivity index (χ4n) is 3.55. The van der Waals surface area contributed by atoms with Gasteiger partial charge in [-0.15, -0.1) is 6.42 Å². The van der Waals surface area contributed by atoms with Crippen LogP contribution in [0.3, 0.4) is 0 Å². The van der Waals surface area contributed by atoms with Crippen LogP contribution in [0.5, 0.6) is 0 Å². The van der Waals surface area contributed by atoms with E-state index in [0.29, 0.717) is 13.0 Å². The molecule has 0 bridgehead atoms. The highest BCUT2D eigenvalue weighted by Gasteiger charge is 2.38. The number of unbranched alkanes of at least 4 members (excludes halogenated alkanes) is 10. The molecule has 0 aromatic rings. The van der Waals surface area contributed by atoms with Gasteiger partial charge in [-0.3, -0.25) is 4.79 Å². The molecule has 1 saturated heterocycles. The number of esters is 1. The highest BCUT2D eigenvalue weighted by atomic mass is 16.7. The molecule has 0 spiro atoms. The van der Waals surface area contributed by atoms with Gasteiger partial charge in [-0.25, -0.2) is 4.79 Å². The van der Waals surface area contributed by atoms with Crippen molar-refractivity contribution >= 4 is 12.1 Å². The molecule has 6 heteroatoms. The zero-order valence-electron chi connectivity index (χ0n) is 27.4. The van der Waals surface area contributed by atoms with Crippen molar-refractivity contribution in [2.45, 2.75) is 177 Å². The van der Waals surface area contributed by atoms with Crippen LogP contribution in [0.25, 0.3) is 0 Å². The Bertz CT molecular complexity index is 541. The summed E-state index contributed by atoms with van der Waals surface area (Å²) in [6.45, 7) is 19.3. The molecule has 234 valence electrons. The Morgan fingerprint density at radius 3 is 1.72 bits per heavy atom. The van der Waals surface area contributed by atoms with Crippen molar-refractivity contribution in [1.29, 1.82) is 0 Å². The zero-order valence-corrected chi connectivity index (χ0v) is 27.4. The van der Waals surface area contributed by atoms with Gasteiger partial charge in [0.25, 0.3) is 0 Å². The van der Waals surface area contributed by atoms with Gasteiger partial charge in [0.1, 0.15) is 6.61 Å². The predicted molar refractivity (Wildman–Crippen MR) is 166 cm³/mol. The monoisotopic (exact) mass is 558 g/mol. The van der Waals surface area contributed by atoms with Gasteiger partial charge in [-0.1, -0.05) is 132 Å². The average Bonchev–Trinajstić information content (AvgIpc) is 3.34. The molecule has 1 heterocycles. The molecule has 1 aliphatic rings. The van der Waals surface area contributed by atoms with Crippen LogP contribution in [0.1, 0.15) is 165 Å². The highest BCUT2D eigenvalue weighted by Crippen LogP contribution is 2.30. The Morgan fingerprint density at radius 2 is 1.31 bits per heavy atom. The molecule has 2 unspecified atom stereocenters. The lowest BCUT2D eigenvalue weighted by molar-refractivity contribution is -0.150. The molecule has 1 N–H and O–H groups in total. The molecule has 2 atom stereocenters. The molecule has 1 rings (SSSR count). The minimum Gasteiger partial charge on any atom is -0.462 e. The molecule has 1 fully saturated rings. The number of ether oxygens (including phenoxy) is 3. The average molecular weight is 559 g/mol. The molecule has 6 nitrogen and oxygen atoms in total. The molecule has 0 aromatic carbocycles. The van der Waals surface area contributed by atoms with E-state index < -0.39 is 11.8 Å². The largest absolute Gasteiger partial charge is 0.505 e. The summed E-state index contributed by atoms with van der Waals surface area (Å²) in [4.78, 5) is 21.5. The standard InChI is InChI=1S/C15H24O3.C9H18O3.C5H12.2C2H6/c1-4-6-7-8-9-14(16)17-12-15(5-2)11-10-13(3)18-15;1-2-3-4-5-6-7-8-12-9(10)11;1-3-5-4-2;2*1-2/h2,13H,4,6-12H2,1,3H3;2-8H2,1H3,(H,10,11);3-5H2,1-2H3;2*1-2H3. The number of rotatable bonds is 16. The van der Waals surface area contributed by atoms with Crippen LogP contribution in [0.2, 0.25) is 0 Å². The third-order valence-electron chi connectivity index (χ3n) is 5.78. The molecule has 0 aliphatic carbocycles. The van der Waals surface area contributed by atoms with E-state index in [1.54, 1.807) is 0 Å². The maximum atomic E-state index is 11.6. The lowest BCUT2D eigenvalue weighted by atomic mass is 10.0. The van der Waals surface area contributed by atoms with Gasteiger partial charge < -0.3 is 19.3 Å². The van der Waals surface area contributed by atoms with E-state index in [0.717, 1.165) is 38.5 Å². The van der Waals surface area contributed by atoms with Gasteiger partial charge in [0.2, 0.25) is 0 Å². The Morgan fingerprint density at radius 1 is 0.821 bits per heavy atom. The van der Waals surface area contributed by atoms with Crippen LogP contribution in [-0.4, -0.2) is 42.1 Å². The van der Waals surface area contributed by atoms with E-state index in [-0.39, 0.29) is 18.7 Å². The maximum Gasteiger partial charge on any atom is 0.505 e. The summed E-state index contributed by atoms with van der Waals surface area (Å²) in [6.07, 6.45) is 22.0. The second kappa shape index (κ2) is 36.3. The van der Waals surface area contributed by atoms with Crippen molar-refractivity contribution in [2.75, 3.05) is 13.2 Å². The minimum atomic E-state index is -1.16. The lowest BCUT2D eigenvalue weighted by Gasteiger charge is -2.22. The van der Waals surface area contributed by atoms with Crippen molar-refractivity contribution in [3.63, 3.8) is 0 Å². The van der Waals surface area contributed by atoms with Gasteiger partial charge in [0.15, 0.2) is 5.60 Å². The molecule has 0 saturated carbocycles. The van der Waals surface area contributed by atoms with Gasteiger partial charge in [0.05, 0.1) is 12.7 Å². The smallest absolute Gasteiger partial charge is 0.462 e. The Hall–Kier alpha value is -1.74. The fourth-order valence-corrected chi connectivity index (χ4v) is 3.55. The quantitative estimate of drug-likeness (QED) is 0.115. The summed E-state index contributed by atoms with van der Waals surface area (Å²) in [5.74, 6) is 2.48. The Kier molecular flexibility index (Phi) is 41.2. The number of terminal acetylenes is 1. The number of carbonyl (C=O) groups is 2. The Labute approximate surface area is 243 Å². The summed E-state index contributed by atoms with van der Waals surface area (Å²) in [5.41, 5.74) is -0.682. The first kappa shape index (κ1) is 44.3. The Balaban J connectivity index is -0.000000251. The van der Waals surface area contributed by atoms with Crippen molar-refractivity contribution in [2.24, 2.45) is 0 Å². The van der Waals surface area contributed by atoms with Crippen molar-refractivity contribution in [3.8, 4) is 12.3 Å². The lowest BCUT2D eigenvalue weighted by Crippen LogP contribution is -2.34. The number of carbonyl (C=O) groups excluding carboxylic acids is 1. The van der Waals surface area contributed by atoms with E-state index >= 15 is 0 Å². The fraction of sp³-hybridized carbons (Fsp3) is 0.879. The molecule has 39 heavy (non-hydrogen) atoms. The minimum absolute atomic E-state index is 0.157. The normalized spacial score (nSPS) is 16.8. The van der Waals surface area contributed by atoms with Crippen molar-refractivity contribution in [1.82, 2.24) is 0 Å². The van der Waals surface area contributed by atoms with Crippen LogP contribution in [-0.2, 0) is 19.0 Å². The molecular weight excluding hydrogens is 492 g/mol. The van der Waals surface area contributed by atoms with E-state index in [9.17, 15) is 9.59 Å². The topological polar surface area (TPSA) is 82.1 Å². The summed E-state index contributed by atoms with van der Waals surface area (Å²) < 4.78 is 15.3.